The Hall–Kier alpha value is -0.580. The first-order valence-corrected chi connectivity index (χ1v) is 6.25. The summed E-state index contributed by atoms with van der Waals surface area (Å²) in [6, 6.07) is 3.57. The molecule has 0 aromatic carbocycles. The van der Waals surface area contributed by atoms with E-state index in [-0.39, 0.29) is 11.9 Å². The zero-order valence-electron chi connectivity index (χ0n) is 8.25. The van der Waals surface area contributed by atoms with Gasteiger partial charge in [0.1, 0.15) is 0 Å². The molecule has 0 radical (unpaired) electrons. The number of thiophene rings is 1. The molecule has 0 aliphatic carbocycles. The molecular weight excluding hydrogens is 232 g/mol. The quantitative estimate of drug-likeness (QED) is 0.839. The lowest BCUT2D eigenvalue weighted by Gasteiger charge is -2.22. The average Bonchev–Trinajstić information content (AvgIpc) is 2.65. The summed E-state index contributed by atoms with van der Waals surface area (Å²) in [5, 5.41) is 6.89. The van der Waals surface area contributed by atoms with Crippen LogP contribution in [-0.4, -0.2) is 18.5 Å². The summed E-state index contributed by atoms with van der Waals surface area (Å²) in [6.45, 7) is 0.934. The molecule has 1 saturated heterocycles. The van der Waals surface area contributed by atoms with Crippen molar-refractivity contribution < 1.29 is 4.79 Å². The Morgan fingerprint density at radius 3 is 3.00 bits per heavy atom. The van der Waals surface area contributed by atoms with Crippen molar-refractivity contribution in [2.24, 2.45) is 0 Å². The Morgan fingerprint density at radius 2 is 2.40 bits per heavy atom. The summed E-state index contributed by atoms with van der Waals surface area (Å²) in [5.41, 5.74) is 0. The van der Waals surface area contributed by atoms with Gasteiger partial charge in [0.2, 0.25) is 5.91 Å². The maximum atomic E-state index is 11.8. The maximum Gasteiger partial charge on any atom is 0.242 e. The van der Waals surface area contributed by atoms with Crippen LogP contribution in [0.5, 0.6) is 0 Å². The number of rotatable bonds is 2. The standard InChI is InChI=1S/C10H13ClN2OS/c11-8-4-5-9(15-8)13-10(14)7-3-1-2-6-12-7/h4-5,7,12H,1-3,6H2,(H,13,14). The highest BCUT2D eigenvalue weighted by Crippen LogP contribution is 2.26. The molecular formula is C10H13ClN2OS. The molecule has 1 unspecified atom stereocenters. The minimum absolute atomic E-state index is 0.0420. The van der Waals surface area contributed by atoms with Gasteiger partial charge < -0.3 is 10.6 Å². The molecule has 3 nitrogen and oxygen atoms in total. The summed E-state index contributed by atoms with van der Waals surface area (Å²) in [4.78, 5) is 11.8. The van der Waals surface area contributed by atoms with Gasteiger partial charge in [0.15, 0.2) is 0 Å². The minimum Gasteiger partial charge on any atom is -0.316 e. The Kier molecular flexibility index (Phi) is 3.61. The van der Waals surface area contributed by atoms with Crippen LogP contribution in [0.2, 0.25) is 4.34 Å². The summed E-state index contributed by atoms with van der Waals surface area (Å²) < 4.78 is 0.696. The lowest BCUT2D eigenvalue weighted by molar-refractivity contribution is -0.118. The van der Waals surface area contributed by atoms with Gasteiger partial charge >= 0.3 is 0 Å². The largest absolute Gasteiger partial charge is 0.316 e. The number of hydrogen-bond acceptors (Lipinski definition) is 3. The van der Waals surface area contributed by atoms with E-state index < -0.39 is 0 Å². The van der Waals surface area contributed by atoms with Gasteiger partial charge in [-0.3, -0.25) is 4.79 Å². The van der Waals surface area contributed by atoms with E-state index in [1.165, 1.54) is 11.3 Å². The first kappa shape index (κ1) is 10.9. The van der Waals surface area contributed by atoms with Gasteiger partial charge in [-0.05, 0) is 31.5 Å². The highest BCUT2D eigenvalue weighted by molar-refractivity contribution is 7.20. The van der Waals surface area contributed by atoms with Gasteiger partial charge in [-0.2, -0.15) is 0 Å². The Morgan fingerprint density at radius 1 is 1.53 bits per heavy atom. The third-order valence-corrected chi connectivity index (χ3v) is 3.59. The first-order valence-electron chi connectivity index (χ1n) is 5.05. The smallest absolute Gasteiger partial charge is 0.242 e. The van der Waals surface area contributed by atoms with E-state index in [2.05, 4.69) is 10.6 Å². The van der Waals surface area contributed by atoms with Crippen molar-refractivity contribution in [1.82, 2.24) is 5.32 Å². The normalized spacial score (nSPS) is 21.3. The van der Waals surface area contributed by atoms with Gasteiger partial charge in [-0.1, -0.05) is 18.0 Å². The van der Waals surface area contributed by atoms with Gasteiger partial charge in [0.05, 0.1) is 15.4 Å². The summed E-state index contributed by atoms with van der Waals surface area (Å²) in [5.74, 6) is 0.0493. The summed E-state index contributed by atoms with van der Waals surface area (Å²) >= 11 is 7.17. The fourth-order valence-electron chi connectivity index (χ4n) is 1.67. The number of hydrogen-bond donors (Lipinski definition) is 2. The zero-order chi connectivity index (χ0) is 10.7. The number of carbonyl (C=O) groups excluding carboxylic acids is 1. The lowest BCUT2D eigenvalue weighted by Crippen LogP contribution is -2.43. The van der Waals surface area contributed by atoms with Crippen molar-refractivity contribution in [3.63, 3.8) is 0 Å². The molecule has 5 heteroatoms. The predicted molar refractivity (Wildman–Crippen MR) is 63.6 cm³/mol. The molecule has 1 aromatic heterocycles. The van der Waals surface area contributed by atoms with Crippen molar-refractivity contribution in [3.05, 3.63) is 16.5 Å². The van der Waals surface area contributed by atoms with E-state index in [0.29, 0.717) is 4.34 Å². The van der Waals surface area contributed by atoms with Crippen LogP contribution in [0.3, 0.4) is 0 Å². The van der Waals surface area contributed by atoms with E-state index in [9.17, 15) is 4.79 Å². The highest BCUT2D eigenvalue weighted by Gasteiger charge is 2.20. The van der Waals surface area contributed by atoms with Crippen LogP contribution in [-0.2, 0) is 4.79 Å². The Labute approximate surface area is 97.8 Å². The first-order chi connectivity index (χ1) is 7.25. The third kappa shape index (κ3) is 2.93. The van der Waals surface area contributed by atoms with Crippen molar-refractivity contribution in [3.8, 4) is 0 Å². The maximum absolute atomic E-state index is 11.8. The molecule has 1 aliphatic rings. The lowest BCUT2D eigenvalue weighted by atomic mass is 10.0. The van der Waals surface area contributed by atoms with Gasteiger partial charge in [0, 0.05) is 0 Å². The molecule has 82 valence electrons. The molecule has 2 rings (SSSR count). The highest BCUT2D eigenvalue weighted by atomic mass is 35.5. The number of amides is 1. The molecule has 1 amide bonds. The van der Waals surface area contributed by atoms with Crippen molar-refractivity contribution in [1.29, 1.82) is 0 Å². The number of carbonyl (C=O) groups is 1. The van der Waals surface area contributed by atoms with E-state index >= 15 is 0 Å². The van der Waals surface area contributed by atoms with Crippen LogP contribution in [0.1, 0.15) is 19.3 Å². The SMILES string of the molecule is O=C(Nc1ccc(Cl)s1)C1CCCCN1. The van der Waals surface area contributed by atoms with Crippen LogP contribution in [0.15, 0.2) is 12.1 Å². The molecule has 0 saturated carbocycles. The molecule has 2 heterocycles. The van der Waals surface area contributed by atoms with Crippen molar-refractivity contribution in [2.45, 2.75) is 25.3 Å². The van der Waals surface area contributed by atoms with E-state index in [0.717, 1.165) is 30.8 Å². The fraction of sp³-hybridized carbons (Fsp3) is 0.500. The zero-order valence-corrected chi connectivity index (χ0v) is 9.83. The van der Waals surface area contributed by atoms with E-state index in [1.54, 1.807) is 6.07 Å². The van der Waals surface area contributed by atoms with Crippen LogP contribution in [0, 0.1) is 0 Å². The number of anilines is 1. The molecule has 15 heavy (non-hydrogen) atoms. The molecule has 1 aromatic rings. The molecule has 1 fully saturated rings. The fourth-order valence-corrected chi connectivity index (χ4v) is 2.61. The number of nitrogens with one attached hydrogen (secondary N) is 2. The van der Waals surface area contributed by atoms with E-state index in [4.69, 9.17) is 11.6 Å². The van der Waals surface area contributed by atoms with Gasteiger partial charge in [0.25, 0.3) is 0 Å². The van der Waals surface area contributed by atoms with Crippen LogP contribution in [0.25, 0.3) is 0 Å². The monoisotopic (exact) mass is 244 g/mol. The van der Waals surface area contributed by atoms with Crippen LogP contribution >= 0.6 is 22.9 Å². The average molecular weight is 245 g/mol. The van der Waals surface area contributed by atoms with E-state index in [1.807, 2.05) is 6.07 Å². The predicted octanol–water partition coefficient (Wildman–Crippen LogP) is 2.48. The summed E-state index contributed by atoms with van der Waals surface area (Å²) in [6.07, 6.45) is 3.20. The number of halogens is 1. The third-order valence-electron chi connectivity index (χ3n) is 2.45. The number of piperidine rings is 1. The van der Waals surface area contributed by atoms with Crippen molar-refractivity contribution >= 4 is 33.8 Å². The second-order valence-electron chi connectivity index (χ2n) is 3.60. The molecule has 1 atom stereocenters. The van der Waals surface area contributed by atoms with Gasteiger partial charge in [-0.15, -0.1) is 11.3 Å². The van der Waals surface area contributed by atoms with Crippen LogP contribution in [0.4, 0.5) is 5.00 Å². The molecule has 2 N–H and O–H groups in total. The second-order valence-corrected chi connectivity index (χ2v) is 5.31. The molecule has 0 spiro atoms. The Balaban J connectivity index is 1.91. The van der Waals surface area contributed by atoms with Crippen molar-refractivity contribution in [2.75, 3.05) is 11.9 Å². The second kappa shape index (κ2) is 4.96. The molecule has 1 aliphatic heterocycles. The summed E-state index contributed by atoms with van der Waals surface area (Å²) in [7, 11) is 0. The van der Waals surface area contributed by atoms with Crippen LogP contribution < -0.4 is 10.6 Å². The topological polar surface area (TPSA) is 41.1 Å². The van der Waals surface area contributed by atoms with Gasteiger partial charge in [-0.25, -0.2) is 0 Å². The Bertz CT molecular complexity index is 347. The minimum atomic E-state index is -0.0420. The molecule has 0 bridgehead atoms.